The van der Waals surface area contributed by atoms with Crippen LogP contribution >= 0.6 is 12.4 Å². The summed E-state index contributed by atoms with van der Waals surface area (Å²) in [6, 6.07) is 7.03. The van der Waals surface area contributed by atoms with Gasteiger partial charge in [-0.3, -0.25) is 9.80 Å². The molecular formula is C18H30ClN3O2. The van der Waals surface area contributed by atoms with Crippen molar-refractivity contribution < 1.29 is 9.47 Å². The molecule has 136 valence electrons. The lowest BCUT2D eigenvalue weighted by Crippen LogP contribution is -2.49. The third-order valence-corrected chi connectivity index (χ3v) is 4.85. The van der Waals surface area contributed by atoms with Crippen molar-refractivity contribution in [2.24, 2.45) is 0 Å². The van der Waals surface area contributed by atoms with Gasteiger partial charge in [-0.1, -0.05) is 6.07 Å². The van der Waals surface area contributed by atoms with Gasteiger partial charge in [-0.05, 0) is 31.0 Å². The van der Waals surface area contributed by atoms with E-state index in [1.807, 2.05) is 13.0 Å². The van der Waals surface area contributed by atoms with Gasteiger partial charge in [-0.15, -0.1) is 12.4 Å². The summed E-state index contributed by atoms with van der Waals surface area (Å²) in [5, 5.41) is 3.44. The number of hydrogen-bond donors (Lipinski definition) is 1. The number of ether oxygens (including phenoxy) is 2. The molecule has 1 aromatic carbocycles. The van der Waals surface area contributed by atoms with E-state index in [2.05, 4.69) is 27.2 Å². The predicted octanol–water partition coefficient (Wildman–Crippen LogP) is 2.00. The molecule has 1 aromatic rings. The molecule has 2 aliphatic heterocycles. The molecule has 0 amide bonds. The largest absolute Gasteiger partial charge is 0.493 e. The van der Waals surface area contributed by atoms with Gasteiger partial charge in [0.2, 0.25) is 0 Å². The number of piperazine rings is 1. The molecule has 0 aliphatic carbocycles. The molecule has 2 heterocycles. The van der Waals surface area contributed by atoms with Gasteiger partial charge in [0, 0.05) is 51.9 Å². The number of methoxy groups -OCH3 is 1. The van der Waals surface area contributed by atoms with Crippen molar-refractivity contribution in [2.75, 3.05) is 53.0 Å². The van der Waals surface area contributed by atoms with Crippen LogP contribution in [0, 0.1) is 0 Å². The Morgan fingerprint density at radius 3 is 2.67 bits per heavy atom. The van der Waals surface area contributed by atoms with Crippen LogP contribution in [0.1, 0.15) is 18.9 Å². The summed E-state index contributed by atoms with van der Waals surface area (Å²) in [5.74, 6) is 1.67. The number of nitrogens with zero attached hydrogens (tertiary/aromatic N) is 2. The fraction of sp³-hybridized carbons (Fsp3) is 0.667. The van der Waals surface area contributed by atoms with Crippen molar-refractivity contribution >= 4 is 12.4 Å². The molecule has 2 fully saturated rings. The summed E-state index contributed by atoms with van der Waals surface area (Å²) < 4.78 is 11.1. The van der Waals surface area contributed by atoms with E-state index in [-0.39, 0.29) is 12.4 Å². The Bertz CT molecular complexity index is 509. The molecule has 2 aliphatic rings. The van der Waals surface area contributed by atoms with E-state index in [4.69, 9.17) is 9.47 Å². The van der Waals surface area contributed by atoms with Crippen LogP contribution in [-0.4, -0.2) is 68.8 Å². The van der Waals surface area contributed by atoms with E-state index < -0.39 is 0 Å². The van der Waals surface area contributed by atoms with Crippen LogP contribution in [0.15, 0.2) is 18.2 Å². The van der Waals surface area contributed by atoms with E-state index in [0.717, 1.165) is 37.2 Å². The SMILES string of the molecule is CCOc1ccc(CN2CCC(N3CCNCC3)C2)cc1OC.Cl. The van der Waals surface area contributed by atoms with Gasteiger partial charge in [0.1, 0.15) is 0 Å². The minimum Gasteiger partial charge on any atom is -0.493 e. The second-order valence-corrected chi connectivity index (χ2v) is 6.38. The highest BCUT2D eigenvalue weighted by Gasteiger charge is 2.28. The molecule has 0 aromatic heterocycles. The molecular weight excluding hydrogens is 326 g/mol. The third kappa shape index (κ3) is 4.76. The lowest BCUT2D eigenvalue weighted by molar-refractivity contribution is 0.170. The van der Waals surface area contributed by atoms with Crippen LogP contribution in [0.2, 0.25) is 0 Å². The molecule has 0 bridgehead atoms. The monoisotopic (exact) mass is 355 g/mol. The molecule has 3 rings (SSSR count). The smallest absolute Gasteiger partial charge is 0.161 e. The van der Waals surface area contributed by atoms with E-state index in [9.17, 15) is 0 Å². The van der Waals surface area contributed by atoms with Crippen molar-refractivity contribution in [1.82, 2.24) is 15.1 Å². The molecule has 0 spiro atoms. The van der Waals surface area contributed by atoms with Gasteiger partial charge >= 0.3 is 0 Å². The minimum atomic E-state index is 0. The fourth-order valence-electron chi connectivity index (χ4n) is 3.64. The zero-order chi connectivity index (χ0) is 16.1. The topological polar surface area (TPSA) is 37.0 Å². The highest BCUT2D eigenvalue weighted by Crippen LogP contribution is 2.29. The third-order valence-electron chi connectivity index (χ3n) is 4.85. The van der Waals surface area contributed by atoms with Crippen LogP contribution in [0.3, 0.4) is 0 Å². The Balaban J connectivity index is 0.00000208. The molecule has 2 saturated heterocycles. The van der Waals surface area contributed by atoms with Crippen LogP contribution in [-0.2, 0) is 6.54 Å². The normalized spacial score (nSPS) is 22.2. The van der Waals surface area contributed by atoms with Gasteiger partial charge in [0.05, 0.1) is 13.7 Å². The summed E-state index contributed by atoms with van der Waals surface area (Å²) in [6.45, 7) is 10.6. The van der Waals surface area contributed by atoms with Crippen LogP contribution in [0.5, 0.6) is 11.5 Å². The molecule has 1 atom stereocenters. The summed E-state index contributed by atoms with van der Waals surface area (Å²) in [7, 11) is 1.71. The first kappa shape index (κ1) is 19.3. The van der Waals surface area contributed by atoms with Crippen molar-refractivity contribution in [3.8, 4) is 11.5 Å². The van der Waals surface area contributed by atoms with Gasteiger partial charge in [0.25, 0.3) is 0 Å². The fourth-order valence-corrected chi connectivity index (χ4v) is 3.64. The summed E-state index contributed by atoms with van der Waals surface area (Å²) >= 11 is 0. The molecule has 1 unspecified atom stereocenters. The van der Waals surface area contributed by atoms with Crippen molar-refractivity contribution in [1.29, 1.82) is 0 Å². The first-order valence-electron chi connectivity index (χ1n) is 8.77. The number of hydrogen-bond acceptors (Lipinski definition) is 5. The number of nitrogens with one attached hydrogen (secondary N) is 1. The first-order valence-corrected chi connectivity index (χ1v) is 8.77. The maximum absolute atomic E-state index is 5.60. The zero-order valence-corrected chi connectivity index (χ0v) is 15.6. The number of likely N-dealkylation sites (tertiary alicyclic amines) is 1. The van der Waals surface area contributed by atoms with Crippen molar-refractivity contribution in [2.45, 2.75) is 25.9 Å². The molecule has 0 radical (unpaired) electrons. The maximum atomic E-state index is 5.60. The van der Waals surface area contributed by atoms with Gasteiger partial charge in [0.15, 0.2) is 11.5 Å². The number of halogens is 1. The second-order valence-electron chi connectivity index (χ2n) is 6.38. The minimum absolute atomic E-state index is 0. The van der Waals surface area contributed by atoms with Crippen LogP contribution < -0.4 is 14.8 Å². The van der Waals surface area contributed by atoms with E-state index in [0.29, 0.717) is 6.61 Å². The highest BCUT2D eigenvalue weighted by atomic mass is 35.5. The first-order chi connectivity index (χ1) is 11.3. The lowest BCUT2D eigenvalue weighted by Gasteiger charge is -2.32. The Morgan fingerprint density at radius 1 is 1.17 bits per heavy atom. The molecule has 1 N–H and O–H groups in total. The van der Waals surface area contributed by atoms with Gasteiger partial charge < -0.3 is 14.8 Å². The summed E-state index contributed by atoms with van der Waals surface area (Å²) in [6.07, 6.45) is 1.29. The Morgan fingerprint density at radius 2 is 1.96 bits per heavy atom. The predicted molar refractivity (Wildman–Crippen MR) is 99.5 cm³/mol. The van der Waals surface area contributed by atoms with Gasteiger partial charge in [-0.25, -0.2) is 0 Å². The average Bonchev–Trinajstić information content (AvgIpc) is 3.06. The van der Waals surface area contributed by atoms with E-state index >= 15 is 0 Å². The summed E-state index contributed by atoms with van der Waals surface area (Å²) in [5.41, 5.74) is 1.30. The van der Waals surface area contributed by atoms with Crippen LogP contribution in [0.25, 0.3) is 0 Å². The second kappa shape index (κ2) is 9.47. The maximum Gasteiger partial charge on any atom is 0.161 e. The lowest BCUT2D eigenvalue weighted by atomic mass is 10.2. The average molecular weight is 356 g/mol. The Kier molecular flexibility index (Phi) is 7.62. The molecule has 6 heteroatoms. The molecule has 24 heavy (non-hydrogen) atoms. The molecule has 5 nitrogen and oxygen atoms in total. The standard InChI is InChI=1S/C18H29N3O2.ClH/c1-3-23-17-5-4-15(12-18(17)22-2)13-20-9-6-16(14-20)21-10-7-19-8-11-21;/h4-5,12,16,19H,3,6-11,13-14H2,1-2H3;1H. The van der Waals surface area contributed by atoms with Gasteiger partial charge in [-0.2, -0.15) is 0 Å². The van der Waals surface area contributed by atoms with E-state index in [1.54, 1.807) is 7.11 Å². The van der Waals surface area contributed by atoms with Crippen molar-refractivity contribution in [3.63, 3.8) is 0 Å². The Hall–Kier alpha value is -1.01. The summed E-state index contributed by atoms with van der Waals surface area (Å²) in [4.78, 5) is 5.21. The Labute approximate surface area is 151 Å². The van der Waals surface area contributed by atoms with Crippen LogP contribution in [0.4, 0.5) is 0 Å². The highest BCUT2D eigenvalue weighted by molar-refractivity contribution is 5.85. The number of rotatable bonds is 6. The quantitative estimate of drug-likeness (QED) is 0.844. The zero-order valence-electron chi connectivity index (χ0n) is 14.8. The molecule has 0 saturated carbocycles. The number of benzene rings is 1. The van der Waals surface area contributed by atoms with E-state index in [1.165, 1.54) is 38.2 Å². The van der Waals surface area contributed by atoms with Crippen molar-refractivity contribution in [3.05, 3.63) is 23.8 Å².